The van der Waals surface area contributed by atoms with E-state index in [0.717, 1.165) is 10.0 Å². The van der Waals surface area contributed by atoms with Gasteiger partial charge < -0.3 is 9.73 Å². The van der Waals surface area contributed by atoms with E-state index in [9.17, 15) is 12.8 Å². The Morgan fingerprint density at radius 1 is 0.967 bits per heavy atom. The summed E-state index contributed by atoms with van der Waals surface area (Å²) in [5.41, 5.74) is 1.73. The van der Waals surface area contributed by atoms with Crippen molar-refractivity contribution in [1.82, 2.24) is 4.98 Å². The van der Waals surface area contributed by atoms with Crippen LogP contribution in [0.4, 0.5) is 16.0 Å². The molecular weight excluding hydrogens is 471 g/mol. The van der Waals surface area contributed by atoms with Crippen LogP contribution < -0.4 is 5.32 Å². The quantitative estimate of drug-likeness (QED) is 0.367. The summed E-state index contributed by atoms with van der Waals surface area (Å²) >= 11 is 3.29. The highest BCUT2D eigenvalue weighted by molar-refractivity contribution is 9.10. The van der Waals surface area contributed by atoms with Crippen molar-refractivity contribution in [3.8, 4) is 11.5 Å². The highest BCUT2D eigenvalue weighted by Gasteiger charge is 2.29. The number of hydrogen-bond donors (Lipinski definition) is 1. The second-order valence-corrected chi connectivity index (χ2v) is 9.36. The molecule has 0 saturated carbocycles. The molecule has 0 radical (unpaired) electrons. The van der Waals surface area contributed by atoms with Gasteiger partial charge in [0.15, 0.2) is 0 Å². The first-order valence-electron chi connectivity index (χ1n) is 8.95. The smallest absolute Gasteiger partial charge is 0.238 e. The fourth-order valence-electron chi connectivity index (χ4n) is 2.81. The van der Waals surface area contributed by atoms with Gasteiger partial charge in [-0.1, -0.05) is 45.8 Å². The van der Waals surface area contributed by atoms with E-state index >= 15 is 0 Å². The third kappa shape index (κ3) is 4.01. The number of nitrogens with zero attached hydrogens (tertiary/aromatic N) is 1. The maximum absolute atomic E-state index is 14.3. The van der Waals surface area contributed by atoms with Crippen LogP contribution >= 0.6 is 15.9 Å². The normalized spacial score (nSPS) is 11.4. The van der Waals surface area contributed by atoms with Crippen LogP contribution in [0.15, 0.2) is 91.6 Å². The highest BCUT2D eigenvalue weighted by atomic mass is 79.9. The monoisotopic (exact) mass is 486 g/mol. The number of aryl methyl sites for hydroxylation is 1. The summed E-state index contributed by atoms with van der Waals surface area (Å²) in [5.74, 6) is -0.772. The van der Waals surface area contributed by atoms with E-state index in [0.29, 0.717) is 5.69 Å². The van der Waals surface area contributed by atoms with Crippen molar-refractivity contribution in [2.75, 3.05) is 5.32 Å². The zero-order chi connectivity index (χ0) is 21.3. The molecule has 0 saturated heterocycles. The van der Waals surface area contributed by atoms with Crippen LogP contribution in [0.25, 0.3) is 11.5 Å². The Balaban J connectivity index is 1.85. The second kappa shape index (κ2) is 8.04. The molecule has 0 aliphatic heterocycles. The molecule has 3 aromatic carbocycles. The maximum atomic E-state index is 14.3. The molecule has 0 atom stereocenters. The molecule has 0 fully saturated rings. The molecule has 0 aliphatic rings. The zero-order valence-corrected chi connectivity index (χ0v) is 18.2. The first-order chi connectivity index (χ1) is 14.3. The summed E-state index contributed by atoms with van der Waals surface area (Å²) in [7, 11) is -4.03. The Kier molecular flexibility index (Phi) is 5.44. The van der Waals surface area contributed by atoms with Gasteiger partial charge in [0.05, 0.1) is 10.5 Å². The van der Waals surface area contributed by atoms with Gasteiger partial charge in [0.2, 0.25) is 26.6 Å². The van der Waals surface area contributed by atoms with E-state index in [4.69, 9.17) is 4.42 Å². The minimum absolute atomic E-state index is 0.0473. The van der Waals surface area contributed by atoms with Gasteiger partial charge >= 0.3 is 0 Å². The number of halogens is 2. The third-order valence-electron chi connectivity index (χ3n) is 4.39. The Bertz CT molecular complexity index is 1300. The Morgan fingerprint density at radius 3 is 2.30 bits per heavy atom. The summed E-state index contributed by atoms with van der Waals surface area (Å²) < 4.78 is 47.3. The van der Waals surface area contributed by atoms with Crippen LogP contribution in [0.5, 0.6) is 0 Å². The van der Waals surface area contributed by atoms with Gasteiger partial charge in [-0.05, 0) is 55.5 Å². The molecular formula is C22H16BrFN2O3S. The van der Waals surface area contributed by atoms with Crippen molar-refractivity contribution in [3.05, 3.63) is 88.6 Å². The number of nitrogens with one attached hydrogen (secondary N) is 1. The van der Waals surface area contributed by atoms with Crippen molar-refractivity contribution in [2.45, 2.75) is 16.8 Å². The zero-order valence-electron chi connectivity index (χ0n) is 15.8. The summed E-state index contributed by atoms with van der Waals surface area (Å²) in [4.78, 5) is 4.20. The summed E-state index contributed by atoms with van der Waals surface area (Å²) in [6.45, 7) is 1.94. The van der Waals surface area contributed by atoms with Crippen molar-refractivity contribution in [1.29, 1.82) is 0 Å². The molecule has 1 heterocycles. The molecule has 5 nitrogen and oxygen atoms in total. The molecule has 4 aromatic rings. The average Bonchev–Trinajstić information content (AvgIpc) is 3.15. The van der Waals surface area contributed by atoms with E-state index in [1.54, 1.807) is 30.3 Å². The number of aromatic nitrogens is 1. The number of sulfone groups is 1. The van der Waals surface area contributed by atoms with Gasteiger partial charge in [-0.15, -0.1) is 0 Å². The van der Waals surface area contributed by atoms with Crippen LogP contribution in [0.2, 0.25) is 0 Å². The summed E-state index contributed by atoms with van der Waals surface area (Å²) in [5, 5.41) is 2.64. The lowest BCUT2D eigenvalue weighted by molar-refractivity contribution is 0.572. The molecule has 0 spiro atoms. The lowest BCUT2D eigenvalue weighted by atomic mass is 10.2. The average molecular weight is 487 g/mol. The molecule has 30 heavy (non-hydrogen) atoms. The van der Waals surface area contributed by atoms with Crippen LogP contribution in [-0.2, 0) is 9.84 Å². The molecule has 1 N–H and O–H groups in total. The molecule has 0 amide bonds. The number of oxazole rings is 1. The summed E-state index contributed by atoms with van der Waals surface area (Å²) in [6, 6.07) is 19.4. The predicted octanol–water partition coefficient (Wildman–Crippen LogP) is 6.13. The van der Waals surface area contributed by atoms with Gasteiger partial charge in [0.25, 0.3) is 0 Å². The van der Waals surface area contributed by atoms with Crippen molar-refractivity contribution in [2.24, 2.45) is 0 Å². The Morgan fingerprint density at radius 2 is 1.63 bits per heavy atom. The second-order valence-electron chi connectivity index (χ2n) is 6.58. The van der Waals surface area contributed by atoms with Crippen molar-refractivity contribution in [3.63, 3.8) is 0 Å². The summed E-state index contributed by atoms with van der Waals surface area (Å²) in [6.07, 6.45) is 0. The molecule has 8 heteroatoms. The molecule has 4 rings (SSSR count). The van der Waals surface area contributed by atoms with Crippen LogP contribution in [0.3, 0.4) is 0 Å². The fraction of sp³-hybridized carbons (Fsp3) is 0.0455. The topological polar surface area (TPSA) is 72.2 Å². The van der Waals surface area contributed by atoms with E-state index in [-0.39, 0.29) is 27.3 Å². The van der Waals surface area contributed by atoms with Gasteiger partial charge in [-0.3, -0.25) is 0 Å². The van der Waals surface area contributed by atoms with Crippen molar-refractivity contribution >= 4 is 37.3 Å². The standard InChI is InChI=1S/C22H16BrFN2O3S/c1-14-6-10-16(11-7-14)25-21-22(30(27,28)17-12-8-15(23)9-13-17)26-20(29-21)18-4-2-3-5-19(18)24/h2-13,25H,1H3. The number of rotatable bonds is 5. The van der Waals surface area contributed by atoms with Gasteiger partial charge in [-0.25, -0.2) is 12.8 Å². The van der Waals surface area contributed by atoms with Gasteiger partial charge in [0, 0.05) is 10.2 Å². The fourth-order valence-corrected chi connectivity index (χ4v) is 4.33. The molecule has 0 bridgehead atoms. The van der Waals surface area contributed by atoms with Crippen LogP contribution in [-0.4, -0.2) is 13.4 Å². The third-order valence-corrected chi connectivity index (χ3v) is 6.60. The number of hydrogen-bond acceptors (Lipinski definition) is 5. The minimum Gasteiger partial charge on any atom is -0.419 e. The van der Waals surface area contributed by atoms with Crippen molar-refractivity contribution < 1.29 is 17.2 Å². The lowest BCUT2D eigenvalue weighted by Gasteiger charge is -2.06. The molecule has 152 valence electrons. The molecule has 0 unspecified atom stereocenters. The Hall–Kier alpha value is -2.97. The lowest BCUT2D eigenvalue weighted by Crippen LogP contribution is -2.05. The minimum atomic E-state index is -4.03. The SMILES string of the molecule is Cc1ccc(Nc2oc(-c3ccccc3F)nc2S(=O)(=O)c2ccc(Br)cc2)cc1. The largest absolute Gasteiger partial charge is 0.419 e. The molecule has 0 aliphatic carbocycles. The van der Waals surface area contributed by atoms with E-state index in [1.165, 1.54) is 30.3 Å². The maximum Gasteiger partial charge on any atom is 0.238 e. The van der Waals surface area contributed by atoms with Crippen LogP contribution in [0, 0.1) is 12.7 Å². The highest BCUT2D eigenvalue weighted by Crippen LogP contribution is 2.35. The van der Waals surface area contributed by atoms with E-state index < -0.39 is 15.7 Å². The predicted molar refractivity (Wildman–Crippen MR) is 116 cm³/mol. The van der Waals surface area contributed by atoms with E-state index in [2.05, 4.69) is 26.2 Å². The first-order valence-corrected chi connectivity index (χ1v) is 11.2. The first kappa shape index (κ1) is 20.3. The number of benzene rings is 3. The van der Waals surface area contributed by atoms with E-state index in [1.807, 2.05) is 19.1 Å². The number of anilines is 2. The van der Waals surface area contributed by atoms with Gasteiger partial charge in [-0.2, -0.15) is 4.98 Å². The molecule has 1 aromatic heterocycles. The van der Waals surface area contributed by atoms with Crippen LogP contribution in [0.1, 0.15) is 5.56 Å². The van der Waals surface area contributed by atoms with Gasteiger partial charge in [0.1, 0.15) is 5.82 Å². The Labute approximate surface area is 181 Å².